The van der Waals surface area contributed by atoms with Gasteiger partial charge in [0.25, 0.3) is 5.91 Å². The summed E-state index contributed by atoms with van der Waals surface area (Å²) in [6.07, 6.45) is 3.58. The van der Waals surface area contributed by atoms with Crippen molar-refractivity contribution in [3.8, 4) is 5.75 Å². The number of benzene rings is 2. The van der Waals surface area contributed by atoms with Crippen LogP contribution in [0.15, 0.2) is 47.4 Å². The van der Waals surface area contributed by atoms with Gasteiger partial charge in [-0.15, -0.1) is 0 Å². The van der Waals surface area contributed by atoms with Gasteiger partial charge in [-0.25, -0.2) is 8.42 Å². The molecule has 0 spiro atoms. The topological polar surface area (TPSA) is 105 Å². The number of nitrogens with zero attached hydrogens (tertiary/aromatic N) is 1. The lowest BCUT2D eigenvalue weighted by atomic mass is 10.1. The van der Waals surface area contributed by atoms with Gasteiger partial charge in [0.15, 0.2) is 0 Å². The van der Waals surface area contributed by atoms with E-state index in [2.05, 4.69) is 10.6 Å². The summed E-state index contributed by atoms with van der Waals surface area (Å²) in [4.78, 5) is 25.4. The Bertz CT molecular complexity index is 1170. The van der Waals surface area contributed by atoms with Crippen molar-refractivity contribution in [1.82, 2.24) is 4.31 Å². The molecule has 34 heavy (non-hydrogen) atoms. The number of carbonyl (C=O) groups is 2. The molecule has 2 aromatic carbocycles. The highest BCUT2D eigenvalue weighted by molar-refractivity contribution is 7.89. The van der Waals surface area contributed by atoms with Crippen molar-refractivity contribution < 1.29 is 22.7 Å². The van der Waals surface area contributed by atoms with Crippen LogP contribution in [0.4, 0.5) is 11.4 Å². The summed E-state index contributed by atoms with van der Waals surface area (Å²) in [7, 11) is -3.66. The summed E-state index contributed by atoms with van der Waals surface area (Å²) in [5.74, 6) is 0.331. The molecule has 8 nitrogen and oxygen atoms in total. The number of sulfonamides is 1. The highest BCUT2D eigenvalue weighted by atomic mass is 32.2. The van der Waals surface area contributed by atoms with Crippen LogP contribution >= 0.6 is 0 Å². The highest BCUT2D eigenvalue weighted by Gasteiger charge is 2.39. The Morgan fingerprint density at radius 3 is 2.47 bits per heavy atom. The standard InChI is InChI=1S/C25H31N3O5S/c1-3-33-23-11-10-20(34(31,32)28-12-5-4-6-13-28)16-22(23)27-24(29)18-8-7-9-19(15-18)26-25(30)21-14-17(21)2/h7-11,15-17,21H,3-6,12-14H2,1-2H3,(H,26,30)(H,27,29). The average molecular weight is 486 g/mol. The van der Waals surface area contributed by atoms with E-state index in [4.69, 9.17) is 4.74 Å². The second-order valence-corrected chi connectivity index (χ2v) is 10.8. The fourth-order valence-corrected chi connectivity index (χ4v) is 5.70. The normalized spacial score (nSPS) is 20.4. The molecule has 1 heterocycles. The smallest absolute Gasteiger partial charge is 0.255 e. The minimum Gasteiger partial charge on any atom is -0.492 e. The Hall–Kier alpha value is -2.91. The number of ether oxygens (including phenoxy) is 1. The van der Waals surface area contributed by atoms with Crippen molar-refractivity contribution in [2.24, 2.45) is 11.8 Å². The first kappa shape index (κ1) is 24.2. The number of rotatable bonds is 8. The number of anilines is 2. The van der Waals surface area contributed by atoms with Crippen molar-refractivity contribution in [3.05, 3.63) is 48.0 Å². The molecule has 2 unspecified atom stereocenters. The first-order chi connectivity index (χ1) is 16.3. The predicted molar refractivity (Wildman–Crippen MR) is 131 cm³/mol. The van der Waals surface area contributed by atoms with E-state index < -0.39 is 15.9 Å². The predicted octanol–water partition coefficient (Wildman–Crippen LogP) is 4.11. The summed E-state index contributed by atoms with van der Waals surface area (Å²) >= 11 is 0. The van der Waals surface area contributed by atoms with E-state index in [1.165, 1.54) is 16.4 Å². The summed E-state index contributed by atoms with van der Waals surface area (Å²) in [5.41, 5.74) is 1.17. The van der Waals surface area contributed by atoms with Gasteiger partial charge < -0.3 is 15.4 Å². The van der Waals surface area contributed by atoms with Crippen molar-refractivity contribution in [3.63, 3.8) is 0 Å². The summed E-state index contributed by atoms with van der Waals surface area (Å²) in [5, 5.41) is 5.65. The number of hydrogen-bond acceptors (Lipinski definition) is 5. The molecule has 9 heteroatoms. The van der Waals surface area contributed by atoms with E-state index >= 15 is 0 Å². The zero-order valence-corrected chi connectivity index (χ0v) is 20.4. The van der Waals surface area contributed by atoms with Gasteiger partial charge in [-0.05, 0) is 68.5 Å². The van der Waals surface area contributed by atoms with E-state index in [1.807, 2.05) is 13.8 Å². The summed E-state index contributed by atoms with van der Waals surface area (Å²) in [6.45, 7) is 5.20. The van der Waals surface area contributed by atoms with Crippen LogP contribution in [-0.2, 0) is 14.8 Å². The molecule has 2 aromatic rings. The maximum atomic E-state index is 13.1. The van der Waals surface area contributed by atoms with Gasteiger partial charge in [0, 0.05) is 30.3 Å². The van der Waals surface area contributed by atoms with E-state index in [1.54, 1.807) is 30.3 Å². The van der Waals surface area contributed by atoms with Gasteiger partial charge in [-0.3, -0.25) is 9.59 Å². The first-order valence-corrected chi connectivity index (χ1v) is 13.2. The SMILES string of the molecule is CCOc1ccc(S(=O)(=O)N2CCCCC2)cc1NC(=O)c1cccc(NC(=O)C2CC2C)c1. The second kappa shape index (κ2) is 10.1. The molecular weight excluding hydrogens is 454 g/mol. The van der Waals surface area contributed by atoms with Crippen LogP contribution in [-0.4, -0.2) is 44.2 Å². The molecule has 4 rings (SSSR count). The van der Waals surface area contributed by atoms with Crippen molar-refractivity contribution in [2.75, 3.05) is 30.3 Å². The Balaban J connectivity index is 1.55. The molecule has 1 aliphatic carbocycles. The molecule has 1 aliphatic heterocycles. The van der Waals surface area contributed by atoms with Crippen LogP contribution in [0.2, 0.25) is 0 Å². The van der Waals surface area contributed by atoms with Crippen molar-refractivity contribution in [1.29, 1.82) is 0 Å². The van der Waals surface area contributed by atoms with Gasteiger partial charge in [0.2, 0.25) is 15.9 Å². The van der Waals surface area contributed by atoms with E-state index in [0.29, 0.717) is 42.6 Å². The van der Waals surface area contributed by atoms with Crippen LogP contribution < -0.4 is 15.4 Å². The molecule has 2 atom stereocenters. The van der Waals surface area contributed by atoms with Gasteiger partial charge in [-0.1, -0.05) is 19.4 Å². The Morgan fingerprint density at radius 2 is 1.79 bits per heavy atom. The molecule has 2 aliphatic rings. The Labute approximate surface area is 200 Å². The average Bonchev–Trinajstić information content (AvgIpc) is 3.57. The lowest BCUT2D eigenvalue weighted by molar-refractivity contribution is -0.117. The fourth-order valence-electron chi connectivity index (χ4n) is 4.16. The molecule has 2 amide bonds. The third kappa shape index (κ3) is 5.42. The molecule has 0 bridgehead atoms. The molecular formula is C25H31N3O5S. The number of piperidine rings is 1. The van der Waals surface area contributed by atoms with Crippen LogP contribution in [0.1, 0.15) is 49.9 Å². The number of nitrogens with one attached hydrogen (secondary N) is 2. The summed E-state index contributed by atoms with van der Waals surface area (Å²) in [6, 6.07) is 11.2. The molecule has 182 valence electrons. The zero-order chi connectivity index (χ0) is 24.3. The Morgan fingerprint density at radius 1 is 1.06 bits per heavy atom. The Kier molecular flexibility index (Phi) is 7.23. The van der Waals surface area contributed by atoms with Gasteiger partial charge in [0.05, 0.1) is 17.2 Å². The van der Waals surface area contributed by atoms with Crippen LogP contribution in [0.25, 0.3) is 0 Å². The molecule has 2 N–H and O–H groups in total. The zero-order valence-electron chi connectivity index (χ0n) is 19.5. The molecule has 1 saturated carbocycles. The number of carbonyl (C=O) groups excluding carboxylic acids is 2. The van der Waals surface area contributed by atoms with E-state index in [9.17, 15) is 18.0 Å². The monoisotopic (exact) mass is 485 g/mol. The summed E-state index contributed by atoms with van der Waals surface area (Å²) < 4.78 is 33.4. The number of hydrogen-bond donors (Lipinski definition) is 2. The van der Waals surface area contributed by atoms with Crippen molar-refractivity contribution in [2.45, 2.75) is 44.4 Å². The third-order valence-electron chi connectivity index (χ3n) is 6.29. The van der Waals surface area contributed by atoms with Crippen LogP contribution in [0.3, 0.4) is 0 Å². The van der Waals surface area contributed by atoms with Crippen LogP contribution in [0.5, 0.6) is 5.75 Å². The highest BCUT2D eigenvalue weighted by Crippen LogP contribution is 2.38. The van der Waals surface area contributed by atoms with Gasteiger partial charge >= 0.3 is 0 Å². The number of amides is 2. The maximum Gasteiger partial charge on any atom is 0.255 e. The first-order valence-electron chi connectivity index (χ1n) is 11.8. The fraction of sp³-hybridized carbons (Fsp3) is 0.440. The van der Waals surface area contributed by atoms with E-state index in [-0.39, 0.29) is 22.4 Å². The quantitative estimate of drug-likeness (QED) is 0.586. The van der Waals surface area contributed by atoms with Crippen molar-refractivity contribution >= 4 is 33.2 Å². The minimum atomic E-state index is -3.66. The van der Waals surface area contributed by atoms with Gasteiger partial charge in [-0.2, -0.15) is 4.31 Å². The third-order valence-corrected chi connectivity index (χ3v) is 8.19. The lowest BCUT2D eigenvalue weighted by Gasteiger charge is -2.26. The van der Waals surface area contributed by atoms with Crippen LogP contribution in [0, 0.1) is 11.8 Å². The minimum absolute atomic E-state index is 0.0239. The maximum absolute atomic E-state index is 13.1. The largest absolute Gasteiger partial charge is 0.492 e. The second-order valence-electron chi connectivity index (χ2n) is 8.90. The molecule has 0 radical (unpaired) electrons. The molecule has 0 aromatic heterocycles. The molecule has 2 fully saturated rings. The van der Waals surface area contributed by atoms with Gasteiger partial charge in [0.1, 0.15) is 5.75 Å². The lowest BCUT2D eigenvalue weighted by Crippen LogP contribution is -2.35. The van der Waals surface area contributed by atoms with E-state index in [0.717, 1.165) is 25.7 Å². The molecule has 1 saturated heterocycles.